The molecule has 1 rings (SSSR count). The Labute approximate surface area is 110 Å². The van der Waals surface area contributed by atoms with Crippen LogP contribution >= 0.6 is 0 Å². The Morgan fingerprint density at radius 2 is 1.89 bits per heavy atom. The van der Waals surface area contributed by atoms with Crippen LogP contribution in [0.5, 0.6) is 0 Å². The predicted molar refractivity (Wildman–Crippen MR) is 74.9 cm³/mol. The van der Waals surface area contributed by atoms with Gasteiger partial charge < -0.3 is 5.73 Å². The maximum atomic E-state index is 12.2. The third kappa shape index (κ3) is 3.99. The summed E-state index contributed by atoms with van der Waals surface area (Å²) in [4.78, 5) is 0.193. The molecule has 0 aliphatic carbocycles. The van der Waals surface area contributed by atoms with E-state index in [9.17, 15) is 8.42 Å². The Balaban J connectivity index is 2.88. The predicted octanol–water partition coefficient (Wildman–Crippen LogP) is 2.29. The average Bonchev–Trinajstić information content (AvgIpc) is 2.13. The summed E-state index contributed by atoms with van der Waals surface area (Å²) in [5.74, 6) is 0. The molecule has 0 heterocycles. The van der Waals surface area contributed by atoms with Crippen LogP contribution in [-0.4, -0.2) is 15.0 Å². The van der Waals surface area contributed by atoms with Gasteiger partial charge in [-0.1, -0.05) is 32.9 Å². The fraction of sp³-hybridized carbons (Fsp3) is 0.538. The van der Waals surface area contributed by atoms with Crippen LogP contribution in [0, 0.1) is 12.3 Å². The molecular weight excluding hydrogens is 248 g/mol. The molecule has 102 valence electrons. The number of nitrogens with two attached hydrogens (primary N) is 1. The van der Waals surface area contributed by atoms with E-state index in [4.69, 9.17) is 5.73 Å². The molecule has 0 fully saturated rings. The molecule has 0 spiro atoms. The number of nitrogen functional groups attached to an aromatic ring is 1. The molecule has 3 N–H and O–H groups in total. The summed E-state index contributed by atoms with van der Waals surface area (Å²) in [7, 11) is -3.52. The van der Waals surface area contributed by atoms with Crippen molar-refractivity contribution < 1.29 is 8.42 Å². The van der Waals surface area contributed by atoms with Crippen molar-refractivity contribution in [3.63, 3.8) is 0 Å². The number of benzene rings is 1. The number of rotatable bonds is 4. The molecular formula is C13H22N2O2S. The summed E-state index contributed by atoms with van der Waals surface area (Å²) in [6.07, 6.45) is 0.776. The summed E-state index contributed by atoms with van der Waals surface area (Å²) in [6, 6.07) is 5.10. The van der Waals surface area contributed by atoms with Crippen molar-refractivity contribution in [2.24, 2.45) is 5.41 Å². The van der Waals surface area contributed by atoms with Gasteiger partial charge in [0.2, 0.25) is 10.0 Å². The zero-order valence-corrected chi connectivity index (χ0v) is 12.3. The monoisotopic (exact) mass is 270 g/mol. The van der Waals surface area contributed by atoms with Gasteiger partial charge in [0.1, 0.15) is 4.90 Å². The highest BCUT2D eigenvalue weighted by Crippen LogP contribution is 2.23. The van der Waals surface area contributed by atoms with E-state index in [1.807, 2.05) is 0 Å². The standard InChI is InChI=1S/C13H22N2O2S/c1-10-6-5-7-11(14)12(10)18(16,17)15-9-8-13(2,3)4/h5-7,15H,8-9,14H2,1-4H3. The van der Waals surface area contributed by atoms with Crippen molar-refractivity contribution >= 4 is 15.7 Å². The number of anilines is 1. The highest BCUT2D eigenvalue weighted by atomic mass is 32.2. The summed E-state index contributed by atoms with van der Waals surface area (Å²) in [6.45, 7) is 8.38. The maximum Gasteiger partial charge on any atom is 0.242 e. The molecule has 0 amide bonds. The number of sulfonamides is 1. The van der Waals surface area contributed by atoms with Gasteiger partial charge >= 0.3 is 0 Å². The van der Waals surface area contributed by atoms with E-state index in [0.717, 1.165) is 6.42 Å². The van der Waals surface area contributed by atoms with E-state index in [0.29, 0.717) is 17.8 Å². The minimum Gasteiger partial charge on any atom is -0.398 e. The van der Waals surface area contributed by atoms with Crippen LogP contribution in [0.1, 0.15) is 32.8 Å². The molecule has 1 aromatic rings. The van der Waals surface area contributed by atoms with Crippen LogP contribution in [0.25, 0.3) is 0 Å². The lowest BCUT2D eigenvalue weighted by Gasteiger charge is -2.18. The third-order valence-corrected chi connectivity index (χ3v) is 4.36. The van der Waals surface area contributed by atoms with Gasteiger partial charge in [0.15, 0.2) is 0 Å². The van der Waals surface area contributed by atoms with Gasteiger partial charge in [0.25, 0.3) is 0 Å². The molecule has 5 heteroatoms. The van der Waals surface area contributed by atoms with Gasteiger partial charge in [-0.25, -0.2) is 13.1 Å². The van der Waals surface area contributed by atoms with Crippen molar-refractivity contribution in [2.75, 3.05) is 12.3 Å². The zero-order chi connectivity index (χ0) is 14.0. The SMILES string of the molecule is Cc1cccc(N)c1S(=O)(=O)NCCC(C)(C)C. The Morgan fingerprint density at radius 3 is 2.39 bits per heavy atom. The van der Waals surface area contributed by atoms with Gasteiger partial charge in [0.05, 0.1) is 5.69 Å². The molecule has 0 bridgehead atoms. The van der Waals surface area contributed by atoms with E-state index in [1.165, 1.54) is 0 Å². The fourth-order valence-corrected chi connectivity index (χ4v) is 3.06. The minimum absolute atomic E-state index is 0.0970. The van der Waals surface area contributed by atoms with Crippen molar-refractivity contribution in [3.05, 3.63) is 23.8 Å². The minimum atomic E-state index is -3.52. The lowest BCUT2D eigenvalue weighted by Crippen LogP contribution is -2.28. The van der Waals surface area contributed by atoms with E-state index in [1.54, 1.807) is 25.1 Å². The average molecular weight is 270 g/mol. The molecule has 18 heavy (non-hydrogen) atoms. The topological polar surface area (TPSA) is 72.2 Å². The lowest BCUT2D eigenvalue weighted by molar-refractivity contribution is 0.378. The van der Waals surface area contributed by atoms with Gasteiger partial charge in [0, 0.05) is 6.54 Å². The van der Waals surface area contributed by atoms with Crippen LogP contribution in [0.3, 0.4) is 0 Å². The summed E-state index contributed by atoms with van der Waals surface area (Å²) >= 11 is 0. The highest BCUT2D eigenvalue weighted by molar-refractivity contribution is 7.89. The first-order valence-electron chi connectivity index (χ1n) is 5.98. The molecule has 0 aliphatic heterocycles. The molecule has 0 unspecified atom stereocenters. The second-order valence-corrected chi connectivity index (χ2v) is 7.41. The van der Waals surface area contributed by atoms with E-state index in [2.05, 4.69) is 25.5 Å². The van der Waals surface area contributed by atoms with Gasteiger partial charge in [-0.3, -0.25) is 0 Å². The van der Waals surface area contributed by atoms with E-state index < -0.39 is 10.0 Å². The van der Waals surface area contributed by atoms with E-state index >= 15 is 0 Å². The van der Waals surface area contributed by atoms with Crippen molar-refractivity contribution in [1.82, 2.24) is 4.72 Å². The fourth-order valence-electron chi connectivity index (χ4n) is 1.67. The summed E-state index contributed by atoms with van der Waals surface area (Å²) in [5.41, 5.74) is 6.80. The molecule has 0 saturated carbocycles. The van der Waals surface area contributed by atoms with Gasteiger partial charge in [-0.05, 0) is 30.4 Å². The Bertz CT molecular complexity index is 496. The lowest BCUT2D eigenvalue weighted by atomic mass is 9.93. The van der Waals surface area contributed by atoms with Gasteiger partial charge in [-0.15, -0.1) is 0 Å². The second kappa shape index (κ2) is 5.28. The number of hydrogen-bond donors (Lipinski definition) is 2. The zero-order valence-electron chi connectivity index (χ0n) is 11.4. The smallest absolute Gasteiger partial charge is 0.242 e. The quantitative estimate of drug-likeness (QED) is 0.825. The Hall–Kier alpha value is -1.07. The largest absolute Gasteiger partial charge is 0.398 e. The van der Waals surface area contributed by atoms with Crippen LogP contribution in [0.2, 0.25) is 0 Å². The highest BCUT2D eigenvalue weighted by Gasteiger charge is 2.20. The second-order valence-electron chi connectivity index (χ2n) is 5.70. The first kappa shape index (κ1) is 15.0. The first-order valence-corrected chi connectivity index (χ1v) is 7.46. The van der Waals surface area contributed by atoms with Crippen molar-refractivity contribution in [2.45, 2.75) is 39.0 Å². The number of hydrogen-bond acceptors (Lipinski definition) is 3. The molecule has 0 aliphatic rings. The molecule has 0 atom stereocenters. The van der Waals surface area contributed by atoms with Crippen molar-refractivity contribution in [3.8, 4) is 0 Å². The number of nitrogens with one attached hydrogen (secondary N) is 1. The van der Waals surface area contributed by atoms with Gasteiger partial charge in [-0.2, -0.15) is 0 Å². The first-order chi connectivity index (χ1) is 8.13. The molecule has 0 saturated heterocycles. The van der Waals surface area contributed by atoms with Crippen LogP contribution in [-0.2, 0) is 10.0 Å². The summed E-state index contributed by atoms with van der Waals surface area (Å²) < 4.78 is 26.9. The molecule has 1 aromatic carbocycles. The Kier molecular flexibility index (Phi) is 4.40. The normalized spacial score (nSPS) is 12.7. The van der Waals surface area contributed by atoms with Crippen molar-refractivity contribution in [1.29, 1.82) is 0 Å². The summed E-state index contributed by atoms with van der Waals surface area (Å²) in [5, 5.41) is 0. The molecule has 0 radical (unpaired) electrons. The van der Waals surface area contributed by atoms with Crippen LogP contribution < -0.4 is 10.5 Å². The maximum absolute atomic E-state index is 12.2. The number of aryl methyl sites for hydroxylation is 1. The van der Waals surface area contributed by atoms with Crippen LogP contribution in [0.15, 0.2) is 23.1 Å². The third-order valence-electron chi connectivity index (χ3n) is 2.68. The van der Waals surface area contributed by atoms with E-state index in [-0.39, 0.29) is 10.3 Å². The molecule has 4 nitrogen and oxygen atoms in total. The molecule has 0 aromatic heterocycles. The van der Waals surface area contributed by atoms with Crippen LogP contribution in [0.4, 0.5) is 5.69 Å². The Morgan fingerprint density at radius 1 is 1.28 bits per heavy atom.